The molecule has 0 radical (unpaired) electrons. The average Bonchev–Trinajstić information content (AvgIpc) is 3.25. The molecule has 5 fully saturated rings. The Labute approximate surface area is 155 Å². The van der Waals surface area contributed by atoms with Gasteiger partial charge in [-0.15, -0.1) is 0 Å². The highest BCUT2D eigenvalue weighted by molar-refractivity contribution is 5.95. The number of nitrogens with one attached hydrogen (secondary N) is 1. The number of rotatable bonds is 3. The zero-order chi connectivity index (χ0) is 18.3. The van der Waals surface area contributed by atoms with Gasteiger partial charge < -0.3 is 10.4 Å². The third-order valence-corrected chi connectivity index (χ3v) is 7.19. The van der Waals surface area contributed by atoms with Crippen LogP contribution in [0.15, 0.2) is 6.20 Å². The molecule has 4 bridgehead atoms. The summed E-state index contributed by atoms with van der Waals surface area (Å²) in [4.78, 5) is 13.2. The number of carbonyl (C=O) groups is 1. The number of hydrogen-bond acceptors (Lipinski definition) is 3. The number of amides is 1. The van der Waals surface area contributed by atoms with Crippen LogP contribution >= 0.6 is 0 Å². The van der Waals surface area contributed by atoms with Gasteiger partial charge in [0.1, 0.15) is 0 Å². The van der Waals surface area contributed by atoms with Crippen molar-refractivity contribution in [2.75, 3.05) is 0 Å². The first-order valence-corrected chi connectivity index (χ1v) is 10.4. The van der Waals surface area contributed by atoms with Crippen molar-refractivity contribution in [1.29, 1.82) is 0 Å². The fourth-order valence-corrected chi connectivity index (χ4v) is 6.26. The van der Waals surface area contributed by atoms with Crippen molar-refractivity contribution in [2.45, 2.75) is 88.8 Å². The molecule has 1 aromatic heterocycles. The van der Waals surface area contributed by atoms with Crippen LogP contribution in [-0.2, 0) is 5.54 Å². The third kappa shape index (κ3) is 2.62. The van der Waals surface area contributed by atoms with Crippen LogP contribution in [0.4, 0.5) is 0 Å². The first kappa shape index (κ1) is 16.8. The minimum atomic E-state index is -0.450. The maximum absolute atomic E-state index is 13.2. The van der Waals surface area contributed by atoms with Gasteiger partial charge in [-0.05, 0) is 83.5 Å². The lowest BCUT2D eigenvalue weighted by Crippen LogP contribution is -2.61. The third-order valence-electron chi connectivity index (χ3n) is 7.19. The molecule has 5 heteroatoms. The monoisotopic (exact) mass is 357 g/mol. The van der Waals surface area contributed by atoms with Gasteiger partial charge in [-0.1, -0.05) is 0 Å². The second kappa shape index (κ2) is 5.34. The Bertz CT molecular complexity index is 727. The highest BCUT2D eigenvalue weighted by atomic mass is 16.3. The molecule has 5 aliphatic carbocycles. The van der Waals surface area contributed by atoms with Crippen molar-refractivity contribution in [1.82, 2.24) is 15.1 Å². The molecule has 6 rings (SSSR count). The second-order valence-corrected chi connectivity index (χ2v) is 10.5. The van der Waals surface area contributed by atoms with Gasteiger partial charge in [-0.3, -0.25) is 9.48 Å². The van der Waals surface area contributed by atoms with Crippen LogP contribution in [0.3, 0.4) is 0 Å². The number of carbonyl (C=O) groups excluding carboxylic acids is 1. The molecular weight excluding hydrogens is 326 g/mol. The maximum Gasteiger partial charge on any atom is 0.255 e. The van der Waals surface area contributed by atoms with Gasteiger partial charge in [0.25, 0.3) is 5.91 Å². The summed E-state index contributed by atoms with van der Waals surface area (Å²) < 4.78 is 2.05. The Balaban J connectivity index is 1.39. The molecule has 0 aromatic carbocycles. The topological polar surface area (TPSA) is 67.2 Å². The molecule has 5 saturated carbocycles. The molecule has 26 heavy (non-hydrogen) atoms. The SMILES string of the molecule is CC(C)(C)n1ncc(C(=O)N[C@H]2C3CC4CC2C[C@](O)(C4)C3)c1C1CC1. The summed E-state index contributed by atoms with van der Waals surface area (Å²) in [5, 5.41) is 18.7. The van der Waals surface area contributed by atoms with E-state index in [0.29, 0.717) is 23.7 Å². The molecule has 2 atom stereocenters. The van der Waals surface area contributed by atoms with Crippen molar-refractivity contribution in [3.63, 3.8) is 0 Å². The van der Waals surface area contributed by atoms with Gasteiger partial charge in [0, 0.05) is 12.0 Å². The Morgan fingerprint density at radius 1 is 1.23 bits per heavy atom. The molecule has 142 valence electrons. The van der Waals surface area contributed by atoms with E-state index in [0.717, 1.165) is 43.4 Å². The maximum atomic E-state index is 13.2. The minimum Gasteiger partial charge on any atom is -0.390 e. The van der Waals surface area contributed by atoms with Gasteiger partial charge in [0.15, 0.2) is 0 Å². The lowest BCUT2D eigenvalue weighted by Gasteiger charge is -2.58. The van der Waals surface area contributed by atoms with E-state index in [2.05, 4.69) is 35.9 Å². The largest absolute Gasteiger partial charge is 0.390 e. The summed E-state index contributed by atoms with van der Waals surface area (Å²) in [5.41, 5.74) is 1.34. The summed E-state index contributed by atoms with van der Waals surface area (Å²) in [5.74, 6) is 2.08. The Morgan fingerprint density at radius 2 is 1.88 bits per heavy atom. The number of nitrogens with zero attached hydrogens (tertiary/aromatic N) is 2. The van der Waals surface area contributed by atoms with Crippen LogP contribution in [-0.4, -0.2) is 32.4 Å². The van der Waals surface area contributed by atoms with Crippen LogP contribution in [0, 0.1) is 17.8 Å². The van der Waals surface area contributed by atoms with Crippen molar-refractivity contribution >= 4 is 5.91 Å². The Kier molecular flexibility index (Phi) is 3.45. The molecule has 0 aliphatic heterocycles. The van der Waals surface area contributed by atoms with Gasteiger partial charge in [0.05, 0.1) is 28.6 Å². The van der Waals surface area contributed by atoms with Gasteiger partial charge in [0.2, 0.25) is 0 Å². The minimum absolute atomic E-state index is 0.0480. The van der Waals surface area contributed by atoms with Crippen LogP contribution < -0.4 is 5.32 Å². The number of aliphatic hydroxyl groups is 1. The predicted octanol–water partition coefficient (Wildman–Crippen LogP) is 3.18. The molecule has 2 N–H and O–H groups in total. The van der Waals surface area contributed by atoms with E-state index in [9.17, 15) is 9.90 Å². The van der Waals surface area contributed by atoms with Crippen LogP contribution in [0.2, 0.25) is 0 Å². The lowest BCUT2D eigenvalue weighted by atomic mass is 9.52. The first-order chi connectivity index (χ1) is 12.2. The molecule has 1 aromatic rings. The number of aromatic nitrogens is 2. The zero-order valence-corrected chi connectivity index (χ0v) is 16.2. The quantitative estimate of drug-likeness (QED) is 0.873. The fraction of sp³-hybridized carbons (Fsp3) is 0.810. The molecule has 0 spiro atoms. The van der Waals surface area contributed by atoms with E-state index in [-0.39, 0.29) is 17.5 Å². The lowest BCUT2D eigenvalue weighted by molar-refractivity contribution is -0.136. The van der Waals surface area contributed by atoms with Gasteiger partial charge in [-0.2, -0.15) is 5.10 Å². The van der Waals surface area contributed by atoms with Gasteiger partial charge >= 0.3 is 0 Å². The van der Waals surface area contributed by atoms with E-state index >= 15 is 0 Å². The normalized spacial score (nSPS) is 38.6. The average molecular weight is 357 g/mol. The van der Waals surface area contributed by atoms with Crippen molar-refractivity contribution in [3.05, 3.63) is 17.5 Å². The van der Waals surface area contributed by atoms with E-state index in [1.807, 2.05) is 0 Å². The summed E-state index contributed by atoms with van der Waals surface area (Å²) in [6.45, 7) is 6.43. The fourth-order valence-electron chi connectivity index (χ4n) is 6.26. The van der Waals surface area contributed by atoms with Crippen molar-refractivity contribution < 1.29 is 9.90 Å². The Hall–Kier alpha value is -1.36. The molecule has 0 saturated heterocycles. The second-order valence-electron chi connectivity index (χ2n) is 10.5. The van der Waals surface area contributed by atoms with E-state index in [1.54, 1.807) is 6.20 Å². The highest BCUT2D eigenvalue weighted by Gasteiger charge is 2.55. The highest BCUT2D eigenvalue weighted by Crippen LogP contribution is 2.55. The smallest absolute Gasteiger partial charge is 0.255 e. The molecular formula is C21H31N3O2. The van der Waals surface area contributed by atoms with Gasteiger partial charge in [-0.25, -0.2) is 0 Å². The van der Waals surface area contributed by atoms with E-state index in [4.69, 9.17) is 0 Å². The summed E-state index contributed by atoms with van der Waals surface area (Å²) in [6, 6.07) is 0.226. The van der Waals surface area contributed by atoms with Crippen LogP contribution in [0.1, 0.15) is 87.7 Å². The van der Waals surface area contributed by atoms with E-state index < -0.39 is 5.60 Å². The van der Waals surface area contributed by atoms with Crippen LogP contribution in [0.5, 0.6) is 0 Å². The summed E-state index contributed by atoms with van der Waals surface area (Å²) in [7, 11) is 0. The Morgan fingerprint density at radius 3 is 2.42 bits per heavy atom. The van der Waals surface area contributed by atoms with Crippen LogP contribution in [0.25, 0.3) is 0 Å². The zero-order valence-electron chi connectivity index (χ0n) is 16.2. The summed E-state index contributed by atoms with van der Waals surface area (Å²) >= 11 is 0. The standard InChI is InChI=1S/C21H31N3O2/c1-20(2,3)24-18(13-4-5-13)16(11-22-24)19(25)23-17-14-6-12-7-15(17)10-21(26,8-12)9-14/h11-15,17,26H,4-10H2,1-3H3,(H,23,25)/t12?,14?,15?,17-,21-. The molecule has 1 amide bonds. The molecule has 2 unspecified atom stereocenters. The van der Waals surface area contributed by atoms with Crippen molar-refractivity contribution in [2.24, 2.45) is 17.8 Å². The van der Waals surface area contributed by atoms with E-state index in [1.165, 1.54) is 12.8 Å². The first-order valence-electron chi connectivity index (χ1n) is 10.4. The predicted molar refractivity (Wildman–Crippen MR) is 99.0 cm³/mol. The molecule has 5 aliphatic rings. The number of hydrogen-bond donors (Lipinski definition) is 2. The van der Waals surface area contributed by atoms with Crippen molar-refractivity contribution in [3.8, 4) is 0 Å². The molecule has 5 nitrogen and oxygen atoms in total. The summed E-state index contributed by atoms with van der Waals surface area (Å²) in [6.07, 6.45) is 9.13. The molecule has 1 heterocycles.